The van der Waals surface area contributed by atoms with Gasteiger partial charge in [0.15, 0.2) is 0 Å². The molecule has 0 bridgehead atoms. The molecule has 0 spiro atoms. The number of aromatic nitrogens is 2. The van der Waals surface area contributed by atoms with E-state index in [2.05, 4.69) is 20.0 Å². The van der Waals surface area contributed by atoms with E-state index in [0.29, 0.717) is 15.6 Å². The van der Waals surface area contributed by atoms with Gasteiger partial charge in [0.2, 0.25) is 5.82 Å². The summed E-state index contributed by atoms with van der Waals surface area (Å²) in [7, 11) is -2.57. The van der Waals surface area contributed by atoms with E-state index in [1.165, 1.54) is 55.1 Å². The third-order valence-electron chi connectivity index (χ3n) is 4.25. The van der Waals surface area contributed by atoms with Crippen LogP contribution in [0.2, 0.25) is 5.02 Å². The Hall–Kier alpha value is -3.21. The third-order valence-corrected chi connectivity index (χ3v) is 7.28. The number of thiophene rings is 1. The second kappa shape index (κ2) is 8.50. The van der Waals surface area contributed by atoms with E-state index in [4.69, 9.17) is 16.3 Å². The first kappa shape index (κ1) is 21.0. The van der Waals surface area contributed by atoms with E-state index in [9.17, 15) is 13.2 Å². The molecule has 2 N–H and O–H groups in total. The van der Waals surface area contributed by atoms with Gasteiger partial charge in [-0.1, -0.05) is 29.8 Å². The first-order valence-electron chi connectivity index (χ1n) is 8.85. The van der Waals surface area contributed by atoms with Gasteiger partial charge in [0.05, 0.1) is 17.0 Å². The Bertz CT molecular complexity index is 1370. The minimum atomic E-state index is -3.93. The van der Waals surface area contributed by atoms with Gasteiger partial charge >= 0.3 is 0 Å². The number of halogens is 1. The second-order valence-electron chi connectivity index (χ2n) is 6.24. The highest BCUT2D eigenvalue weighted by Gasteiger charge is 2.20. The number of carbonyl (C=O) groups excluding carboxylic acids is 1. The monoisotopic (exact) mass is 474 g/mol. The van der Waals surface area contributed by atoms with Crippen molar-refractivity contribution in [2.24, 2.45) is 0 Å². The van der Waals surface area contributed by atoms with Crippen LogP contribution in [0.15, 0.2) is 65.8 Å². The fourth-order valence-corrected chi connectivity index (χ4v) is 5.22. The summed E-state index contributed by atoms with van der Waals surface area (Å²) in [4.78, 5) is 20.9. The summed E-state index contributed by atoms with van der Waals surface area (Å²) < 4.78 is 33.5. The van der Waals surface area contributed by atoms with Crippen molar-refractivity contribution in [3.8, 4) is 5.88 Å². The lowest BCUT2D eigenvalue weighted by molar-refractivity contribution is 0.103. The van der Waals surface area contributed by atoms with E-state index in [1.54, 1.807) is 0 Å². The molecular weight excluding hydrogens is 460 g/mol. The Morgan fingerprint density at radius 2 is 1.77 bits per heavy atom. The fraction of sp³-hybridized carbons (Fsp3) is 0.0500. The number of ether oxygens (including phenoxy) is 1. The van der Waals surface area contributed by atoms with Gasteiger partial charge in [-0.2, -0.15) is 0 Å². The molecule has 0 saturated carbocycles. The number of benzene rings is 2. The molecule has 11 heteroatoms. The number of nitrogens with one attached hydrogen (secondary N) is 2. The molecule has 2 aromatic heterocycles. The number of sulfonamides is 1. The largest absolute Gasteiger partial charge is 0.478 e. The van der Waals surface area contributed by atoms with Crippen molar-refractivity contribution >= 4 is 60.5 Å². The van der Waals surface area contributed by atoms with Crippen molar-refractivity contribution in [3.05, 3.63) is 70.8 Å². The van der Waals surface area contributed by atoms with E-state index >= 15 is 0 Å². The topological polar surface area (TPSA) is 110 Å². The average Bonchev–Trinajstić information content (AvgIpc) is 3.11. The van der Waals surface area contributed by atoms with Gasteiger partial charge in [-0.25, -0.2) is 18.4 Å². The normalized spacial score (nSPS) is 11.3. The average molecular weight is 475 g/mol. The molecule has 0 atom stereocenters. The summed E-state index contributed by atoms with van der Waals surface area (Å²) in [6.07, 6.45) is 2.73. The lowest BCUT2D eigenvalue weighted by atomic mass is 10.2. The third kappa shape index (κ3) is 4.31. The molecule has 4 rings (SSSR count). The van der Waals surface area contributed by atoms with Crippen molar-refractivity contribution in [2.45, 2.75) is 4.90 Å². The minimum absolute atomic E-state index is 0.0156. The van der Waals surface area contributed by atoms with Gasteiger partial charge in [-0.3, -0.25) is 9.52 Å². The Kier molecular flexibility index (Phi) is 5.77. The molecule has 2 aromatic carbocycles. The molecule has 0 aliphatic rings. The van der Waals surface area contributed by atoms with Crippen LogP contribution in [-0.4, -0.2) is 31.4 Å². The summed E-state index contributed by atoms with van der Waals surface area (Å²) in [6, 6.07) is 13.2. The SMILES string of the molecule is COc1nccnc1NS(=O)(=O)c1ccc(NC(=O)c2sc3ccccc3c2Cl)cc1. The van der Waals surface area contributed by atoms with Crippen LogP contribution in [0.1, 0.15) is 9.67 Å². The Morgan fingerprint density at radius 3 is 2.48 bits per heavy atom. The molecule has 0 fully saturated rings. The summed E-state index contributed by atoms with van der Waals surface area (Å²) in [6.45, 7) is 0. The van der Waals surface area contributed by atoms with Crippen molar-refractivity contribution in [1.82, 2.24) is 9.97 Å². The number of methoxy groups -OCH3 is 1. The van der Waals surface area contributed by atoms with Crippen molar-refractivity contribution in [1.29, 1.82) is 0 Å². The van der Waals surface area contributed by atoms with Gasteiger partial charge in [0, 0.05) is 28.2 Å². The van der Waals surface area contributed by atoms with Crippen LogP contribution in [0.5, 0.6) is 5.88 Å². The molecule has 158 valence electrons. The van der Waals surface area contributed by atoms with Crippen LogP contribution in [-0.2, 0) is 10.0 Å². The molecule has 0 saturated heterocycles. The molecule has 31 heavy (non-hydrogen) atoms. The Balaban J connectivity index is 1.52. The van der Waals surface area contributed by atoms with Crippen molar-refractivity contribution in [3.63, 3.8) is 0 Å². The highest BCUT2D eigenvalue weighted by molar-refractivity contribution is 7.92. The quantitative estimate of drug-likeness (QED) is 0.428. The van der Waals surface area contributed by atoms with Crippen molar-refractivity contribution < 1.29 is 17.9 Å². The molecule has 0 radical (unpaired) electrons. The molecule has 2 heterocycles. The zero-order chi connectivity index (χ0) is 22.0. The lowest BCUT2D eigenvalue weighted by Gasteiger charge is -2.10. The molecule has 0 unspecified atom stereocenters. The Morgan fingerprint density at radius 1 is 1.06 bits per heavy atom. The number of rotatable bonds is 6. The second-order valence-corrected chi connectivity index (χ2v) is 9.35. The molecule has 0 aliphatic carbocycles. The van der Waals surface area contributed by atoms with Crippen LogP contribution < -0.4 is 14.8 Å². The number of hydrogen-bond donors (Lipinski definition) is 2. The summed E-state index contributed by atoms with van der Waals surface area (Å²) >= 11 is 7.63. The van der Waals surface area contributed by atoms with Crippen molar-refractivity contribution in [2.75, 3.05) is 17.1 Å². The smallest absolute Gasteiger partial charge is 0.267 e. The minimum Gasteiger partial charge on any atom is -0.478 e. The number of anilines is 2. The van der Waals surface area contributed by atoms with Gasteiger partial charge in [-0.05, 0) is 30.3 Å². The van der Waals surface area contributed by atoms with Gasteiger partial charge in [0.25, 0.3) is 21.8 Å². The highest BCUT2D eigenvalue weighted by Crippen LogP contribution is 2.35. The molecular formula is C20H15ClN4O4S2. The summed E-state index contributed by atoms with van der Waals surface area (Å²) in [5.41, 5.74) is 0.426. The fourth-order valence-electron chi connectivity index (χ4n) is 2.80. The number of hydrogen-bond acceptors (Lipinski definition) is 7. The first-order valence-corrected chi connectivity index (χ1v) is 11.5. The van der Waals surface area contributed by atoms with Crippen LogP contribution in [0, 0.1) is 0 Å². The first-order chi connectivity index (χ1) is 14.9. The molecule has 0 aliphatic heterocycles. The van der Waals surface area contributed by atoms with Gasteiger partial charge in [-0.15, -0.1) is 11.3 Å². The predicted molar refractivity (Wildman–Crippen MR) is 121 cm³/mol. The zero-order valence-electron chi connectivity index (χ0n) is 16.0. The maximum absolute atomic E-state index is 12.7. The summed E-state index contributed by atoms with van der Waals surface area (Å²) in [5, 5.41) is 3.94. The number of carbonyl (C=O) groups is 1. The highest BCUT2D eigenvalue weighted by atomic mass is 35.5. The van der Waals surface area contributed by atoms with E-state index in [-0.39, 0.29) is 22.5 Å². The van der Waals surface area contributed by atoms with E-state index < -0.39 is 10.0 Å². The number of fused-ring (bicyclic) bond motifs is 1. The number of nitrogens with zero attached hydrogens (tertiary/aromatic N) is 2. The predicted octanol–water partition coefficient (Wildman–Crippen LogP) is 4.41. The zero-order valence-corrected chi connectivity index (χ0v) is 18.4. The maximum Gasteiger partial charge on any atom is 0.267 e. The maximum atomic E-state index is 12.7. The van der Waals surface area contributed by atoms with Gasteiger partial charge in [0.1, 0.15) is 4.88 Å². The van der Waals surface area contributed by atoms with Crippen LogP contribution in [0.25, 0.3) is 10.1 Å². The van der Waals surface area contributed by atoms with Crippen LogP contribution in [0.3, 0.4) is 0 Å². The van der Waals surface area contributed by atoms with E-state index in [0.717, 1.165) is 10.1 Å². The lowest BCUT2D eigenvalue weighted by Crippen LogP contribution is -2.15. The molecule has 4 aromatic rings. The van der Waals surface area contributed by atoms with Crippen LogP contribution >= 0.6 is 22.9 Å². The summed E-state index contributed by atoms with van der Waals surface area (Å²) in [5.74, 6) is -0.346. The van der Waals surface area contributed by atoms with Crippen LogP contribution in [0.4, 0.5) is 11.5 Å². The Labute approximate surface area is 186 Å². The molecule has 8 nitrogen and oxygen atoms in total. The standard InChI is InChI=1S/C20H15ClN4O4S2/c1-29-20-18(22-10-11-23-20)25-31(27,28)13-8-6-12(7-9-13)24-19(26)17-16(21)14-4-2-3-5-15(14)30-17/h2-11H,1H3,(H,22,25)(H,24,26). The van der Waals surface area contributed by atoms with Gasteiger partial charge < -0.3 is 10.1 Å². The molecule has 1 amide bonds. The number of amides is 1. The van der Waals surface area contributed by atoms with E-state index in [1.807, 2.05) is 24.3 Å².